The summed E-state index contributed by atoms with van der Waals surface area (Å²) >= 11 is 1.06. The third-order valence-corrected chi connectivity index (χ3v) is 8.65. The van der Waals surface area contributed by atoms with Gasteiger partial charge in [-0.1, -0.05) is 55.5 Å². The third-order valence-electron chi connectivity index (χ3n) is 6.17. The number of hydrogen-bond donors (Lipinski definition) is 1. The normalized spacial score (nSPS) is 12.9. The molecule has 1 heterocycles. The molecule has 0 spiro atoms. The predicted octanol–water partition coefficient (Wildman–Crippen LogP) is 5.59. The lowest BCUT2D eigenvalue weighted by Gasteiger charge is -2.21. The molecule has 3 aromatic carbocycles. The fourth-order valence-electron chi connectivity index (χ4n) is 4.30. The molecule has 0 saturated heterocycles. The van der Waals surface area contributed by atoms with Crippen LogP contribution in [0.1, 0.15) is 55.0 Å². The van der Waals surface area contributed by atoms with Gasteiger partial charge in [0.25, 0.3) is 0 Å². The molecular formula is C27H30N2O4S2. The van der Waals surface area contributed by atoms with Crippen molar-refractivity contribution in [3.63, 3.8) is 0 Å². The number of rotatable bonds is 8. The van der Waals surface area contributed by atoms with Crippen LogP contribution in [0.5, 0.6) is 5.75 Å². The first kappa shape index (κ1) is 25.2. The minimum absolute atomic E-state index is 0.116. The van der Waals surface area contributed by atoms with Gasteiger partial charge in [0.2, 0.25) is 10.0 Å². The molecule has 1 atom stereocenters. The molecule has 1 N–H and O–H groups in total. The Bertz CT molecular complexity index is 1520. The Hall–Kier alpha value is -2.94. The zero-order valence-electron chi connectivity index (χ0n) is 20.5. The number of aromatic nitrogens is 1. The van der Waals surface area contributed by atoms with E-state index in [1.165, 1.54) is 0 Å². The summed E-state index contributed by atoms with van der Waals surface area (Å²) in [5.41, 5.74) is 4.62. The largest absolute Gasteiger partial charge is 0.496 e. The molecule has 35 heavy (non-hydrogen) atoms. The van der Waals surface area contributed by atoms with E-state index < -0.39 is 16.1 Å². The second-order valence-electron chi connectivity index (χ2n) is 9.02. The number of hydrogen-bond acceptors (Lipinski definition) is 5. The van der Waals surface area contributed by atoms with Gasteiger partial charge in [-0.3, -0.25) is 9.36 Å². The van der Waals surface area contributed by atoms with Gasteiger partial charge in [-0.05, 0) is 72.4 Å². The summed E-state index contributed by atoms with van der Waals surface area (Å²) in [4.78, 5) is 12.7. The van der Waals surface area contributed by atoms with Crippen LogP contribution in [0.4, 0.5) is 0 Å². The van der Waals surface area contributed by atoms with Gasteiger partial charge in [-0.15, -0.1) is 0 Å². The maximum atomic E-state index is 13.3. The lowest BCUT2D eigenvalue weighted by molar-refractivity contribution is 0.406. The maximum absolute atomic E-state index is 13.3. The lowest BCUT2D eigenvalue weighted by Crippen LogP contribution is -2.27. The van der Waals surface area contributed by atoms with Gasteiger partial charge in [0.15, 0.2) is 0 Å². The standard InChI is InChI=1S/C27H30N2O4S2/c1-17(2)22-15-23(18(3)13-25(22)33-5)19(4)28-35(31,32)21-11-12-24-26(14-21)34-27(30)29(24)16-20-9-7-6-8-10-20/h6-15,17,19,28H,16H2,1-5H3/t19-/m1/s1. The summed E-state index contributed by atoms with van der Waals surface area (Å²) in [6, 6.07) is 18.1. The van der Waals surface area contributed by atoms with E-state index in [0.717, 1.165) is 44.9 Å². The number of thiazole rings is 1. The summed E-state index contributed by atoms with van der Waals surface area (Å²) < 4.78 is 37.2. The van der Waals surface area contributed by atoms with Gasteiger partial charge >= 0.3 is 4.87 Å². The molecule has 6 nitrogen and oxygen atoms in total. The van der Waals surface area contributed by atoms with Crippen molar-refractivity contribution in [2.45, 2.75) is 51.1 Å². The SMILES string of the molecule is COc1cc(C)c([C@@H](C)NS(=O)(=O)c2ccc3c(c2)sc(=O)n3Cc2ccccc2)cc1C(C)C. The van der Waals surface area contributed by atoms with Crippen molar-refractivity contribution >= 4 is 31.6 Å². The van der Waals surface area contributed by atoms with Gasteiger partial charge < -0.3 is 4.74 Å². The molecule has 184 valence electrons. The Morgan fingerprint density at radius 1 is 1.00 bits per heavy atom. The Balaban J connectivity index is 1.64. The van der Waals surface area contributed by atoms with Crippen LogP contribution in [-0.2, 0) is 16.6 Å². The predicted molar refractivity (Wildman–Crippen MR) is 142 cm³/mol. The Kier molecular flexibility index (Phi) is 7.17. The van der Waals surface area contributed by atoms with Crippen LogP contribution < -0.4 is 14.3 Å². The van der Waals surface area contributed by atoms with E-state index in [4.69, 9.17) is 4.74 Å². The number of nitrogens with zero attached hydrogens (tertiary/aromatic N) is 1. The third kappa shape index (κ3) is 5.19. The molecular weight excluding hydrogens is 480 g/mol. The average Bonchev–Trinajstić information content (AvgIpc) is 3.13. The van der Waals surface area contributed by atoms with Crippen LogP contribution in [0.25, 0.3) is 10.2 Å². The molecule has 8 heteroatoms. The maximum Gasteiger partial charge on any atom is 0.308 e. The van der Waals surface area contributed by atoms with Crippen molar-refractivity contribution in [2.24, 2.45) is 0 Å². The van der Waals surface area contributed by atoms with Crippen LogP contribution >= 0.6 is 11.3 Å². The highest BCUT2D eigenvalue weighted by Gasteiger charge is 2.22. The topological polar surface area (TPSA) is 77.4 Å². The van der Waals surface area contributed by atoms with Crippen molar-refractivity contribution < 1.29 is 13.2 Å². The van der Waals surface area contributed by atoms with Crippen molar-refractivity contribution in [3.8, 4) is 5.75 Å². The number of nitrogens with one attached hydrogen (secondary N) is 1. The summed E-state index contributed by atoms with van der Waals surface area (Å²) in [6.45, 7) is 8.39. The van der Waals surface area contributed by atoms with Crippen LogP contribution in [0, 0.1) is 6.92 Å². The number of aryl methyl sites for hydroxylation is 1. The van der Waals surface area contributed by atoms with E-state index in [1.54, 1.807) is 29.9 Å². The van der Waals surface area contributed by atoms with Crippen LogP contribution in [0.2, 0.25) is 0 Å². The monoisotopic (exact) mass is 510 g/mol. The highest BCUT2D eigenvalue weighted by molar-refractivity contribution is 7.89. The van der Waals surface area contributed by atoms with Gasteiger partial charge in [-0.2, -0.15) is 0 Å². The summed E-state index contributed by atoms with van der Waals surface area (Å²) in [6.07, 6.45) is 0. The first-order chi connectivity index (χ1) is 16.6. The minimum atomic E-state index is -3.81. The molecule has 0 fully saturated rings. The highest BCUT2D eigenvalue weighted by Crippen LogP contribution is 2.33. The first-order valence-corrected chi connectivity index (χ1v) is 13.8. The van der Waals surface area contributed by atoms with Crippen LogP contribution in [-0.4, -0.2) is 20.1 Å². The number of benzene rings is 3. The minimum Gasteiger partial charge on any atom is -0.496 e. The summed E-state index contributed by atoms with van der Waals surface area (Å²) in [5, 5.41) is 0. The summed E-state index contributed by atoms with van der Waals surface area (Å²) in [5.74, 6) is 1.04. The zero-order valence-corrected chi connectivity index (χ0v) is 22.2. The number of methoxy groups -OCH3 is 1. The Morgan fingerprint density at radius 2 is 1.71 bits per heavy atom. The van der Waals surface area contributed by atoms with Gasteiger partial charge in [-0.25, -0.2) is 13.1 Å². The van der Waals surface area contributed by atoms with E-state index in [9.17, 15) is 13.2 Å². The van der Waals surface area contributed by atoms with E-state index in [-0.39, 0.29) is 15.7 Å². The second kappa shape index (κ2) is 9.97. The molecule has 0 bridgehead atoms. The van der Waals surface area contributed by atoms with Crippen molar-refractivity contribution in [3.05, 3.63) is 92.6 Å². The molecule has 0 aliphatic carbocycles. The fourth-order valence-corrected chi connectivity index (χ4v) is 6.56. The number of sulfonamides is 1. The van der Waals surface area contributed by atoms with Crippen molar-refractivity contribution in [1.29, 1.82) is 0 Å². The van der Waals surface area contributed by atoms with Gasteiger partial charge in [0.05, 0.1) is 28.8 Å². The molecule has 4 rings (SSSR count). The first-order valence-electron chi connectivity index (χ1n) is 11.5. The van der Waals surface area contributed by atoms with Crippen molar-refractivity contribution in [2.75, 3.05) is 7.11 Å². The zero-order chi connectivity index (χ0) is 25.3. The van der Waals surface area contributed by atoms with Crippen LogP contribution in [0.15, 0.2) is 70.4 Å². The second-order valence-corrected chi connectivity index (χ2v) is 11.7. The molecule has 0 amide bonds. The molecule has 0 aliphatic heterocycles. The average molecular weight is 511 g/mol. The van der Waals surface area contributed by atoms with E-state index in [0.29, 0.717) is 11.2 Å². The van der Waals surface area contributed by atoms with Gasteiger partial charge in [0.1, 0.15) is 5.75 Å². The molecule has 1 aromatic heterocycles. The Labute approximate surface area is 210 Å². The van der Waals surface area contributed by atoms with Gasteiger partial charge in [0, 0.05) is 6.04 Å². The quantitative estimate of drug-likeness (QED) is 0.335. The molecule has 0 saturated carbocycles. The summed E-state index contributed by atoms with van der Waals surface area (Å²) in [7, 11) is -2.17. The molecule has 0 radical (unpaired) electrons. The van der Waals surface area contributed by atoms with Crippen LogP contribution in [0.3, 0.4) is 0 Å². The number of ether oxygens (including phenoxy) is 1. The molecule has 4 aromatic rings. The molecule has 0 aliphatic rings. The smallest absolute Gasteiger partial charge is 0.308 e. The lowest BCUT2D eigenvalue weighted by atomic mass is 9.94. The van der Waals surface area contributed by atoms with E-state index in [1.807, 2.05) is 56.3 Å². The van der Waals surface area contributed by atoms with E-state index in [2.05, 4.69) is 18.6 Å². The molecule has 0 unspecified atom stereocenters. The highest BCUT2D eigenvalue weighted by atomic mass is 32.2. The number of fused-ring (bicyclic) bond motifs is 1. The van der Waals surface area contributed by atoms with E-state index >= 15 is 0 Å². The Morgan fingerprint density at radius 3 is 2.37 bits per heavy atom. The fraction of sp³-hybridized carbons (Fsp3) is 0.296. The van der Waals surface area contributed by atoms with Crippen molar-refractivity contribution in [1.82, 2.24) is 9.29 Å².